The molecule has 0 bridgehead atoms. The fraction of sp³-hybridized carbons (Fsp3) is 0.684. The van der Waals surface area contributed by atoms with Gasteiger partial charge in [0.15, 0.2) is 11.7 Å². The van der Waals surface area contributed by atoms with E-state index in [-0.39, 0.29) is 17.3 Å². The van der Waals surface area contributed by atoms with Crippen molar-refractivity contribution in [1.29, 1.82) is 0 Å². The third-order valence-corrected chi connectivity index (χ3v) is 4.95. The first kappa shape index (κ1) is 20.3. The number of nitrogens with two attached hydrogens (primary N) is 1. The number of carbonyl (C=O) groups is 1. The van der Waals surface area contributed by atoms with Crippen molar-refractivity contribution in [2.45, 2.75) is 65.6 Å². The van der Waals surface area contributed by atoms with Crippen LogP contribution in [0.25, 0.3) is 0 Å². The largest absolute Gasteiger partial charge is 0.454 e. The Morgan fingerprint density at radius 3 is 2.77 bits per heavy atom. The van der Waals surface area contributed by atoms with E-state index in [9.17, 15) is 4.79 Å². The van der Waals surface area contributed by atoms with Crippen LogP contribution in [-0.4, -0.2) is 37.2 Å². The smallest absolute Gasteiger partial charge is 0.284 e. The Balaban J connectivity index is 1.92. The molecule has 1 aromatic heterocycles. The van der Waals surface area contributed by atoms with Crippen LogP contribution in [0.4, 0.5) is 0 Å². The molecule has 146 valence electrons. The Kier molecular flexibility index (Phi) is 7.08. The molecule has 1 fully saturated rings. The molecule has 0 saturated heterocycles. The summed E-state index contributed by atoms with van der Waals surface area (Å²) in [5.41, 5.74) is 5.25. The first-order valence-corrected chi connectivity index (χ1v) is 9.43. The SMILES string of the molecule is CCCCOC1CC(NC(=NCc2ccc(C(N)=O)o2)NCC)C1(C)C. The number of unbranched alkanes of at least 4 members (excludes halogenated alkanes) is 1. The third kappa shape index (κ3) is 5.00. The Hall–Kier alpha value is -2.02. The van der Waals surface area contributed by atoms with E-state index in [1.54, 1.807) is 12.1 Å². The molecule has 1 heterocycles. The highest BCUT2D eigenvalue weighted by molar-refractivity contribution is 5.89. The van der Waals surface area contributed by atoms with Gasteiger partial charge in [-0.2, -0.15) is 0 Å². The van der Waals surface area contributed by atoms with Crippen molar-refractivity contribution in [2.75, 3.05) is 13.2 Å². The summed E-state index contributed by atoms with van der Waals surface area (Å²) in [5.74, 6) is 0.912. The van der Waals surface area contributed by atoms with Gasteiger partial charge in [0.1, 0.15) is 12.3 Å². The number of amides is 1. The van der Waals surface area contributed by atoms with E-state index in [0.717, 1.165) is 38.4 Å². The highest BCUT2D eigenvalue weighted by atomic mass is 16.5. The Morgan fingerprint density at radius 2 is 2.19 bits per heavy atom. The number of hydrogen-bond donors (Lipinski definition) is 3. The highest BCUT2D eigenvalue weighted by Gasteiger charge is 2.49. The number of nitrogens with one attached hydrogen (secondary N) is 2. The minimum atomic E-state index is -0.574. The molecule has 2 atom stereocenters. The van der Waals surface area contributed by atoms with E-state index in [1.165, 1.54) is 0 Å². The lowest BCUT2D eigenvalue weighted by Gasteiger charge is -2.52. The van der Waals surface area contributed by atoms with Gasteiger partial charge in [0.25, 0.3) is 5.91 Å². The molecule has 1 aromatic rings. The van der Waals surface area contributed by atoms with Gasteiger partial charge in [-0.05, 0) is 31.9 Å². The number of primary amides is 1. The number of aliphatic imine (C=N–C) groups is 1. The molecule has 1 aliphatic carbocycles. The molecule has 4 N–H and O–H groups in total. The lowest BCUT2D eigenvalue weighted by Crippen LogP contribution is -2.63. The number of furan rings is 1. The number of hydrogen-bond acceptors (Lipinski definition) is 4. The van der Waals surface area contributed by atoms with Crippen LogP contribution in [0.1, 0.15) is 63.3 Å². The number of ether oxygens (including phenoxy) is 1. The van der Waals surface area contributed by atoms with Gasteiger partial charge in [-0.1, -0.05) is 27.2 Å². The normalized spacial score (nSPS) is 21.9. The molecule has 0 spiro atoms. The molecule has 2 unspecified atom stereocenters. The zero-order valence-electron chi connectivity index (χ0n) is 16.3. The molecular formula is C19H32N4O3. The second-order valence-electron chi connectivity index (χ2n) is 7.29. The second kappa shape index (κ2) is 9.07. The first-order valence-electron chi connectivity index (χ1n) is 9.43. The maximum Gasteiger partial charge on any atom is 0.284 e. The first-order chi connectivity index (χ1) is 12.4. The standard InChI is InChI=1S/C19H32N4O3/c1-5-7-10-25-16-11-15(19(16,3)4)23-18(21-6-2)22-12-13-8-9-14(26-13)17(20)24/h8-9,15-16H,5-7,10-12H2,1-4H3,(H2,20,24)(H2,21,22,23). The molecule has 1 saturated carbocycles. The number of nitrogens with zero attached hydrogens (tertiary/aromatic N) is 1. The average molecular weight is 364 g/mol. The second-order valence-corrected chi connectivity index (χ2v) is 7.29. The molecule has 0 radical (unpaired) electrons. The maximum absolute atomic E-state index is 11.1. The molecule has 0 aliphatic heterocycles. The van der Waals surface area contributed by atoms with Crippen LogP contribution in [0.15, 0.2) is 21.5 Å². The zero-order chi connectivity index (χ0) is 19.2. The third-order valence-electron chi connectivity index (χ3n) is 4.95. The summed E-state index contributed by atoms with van der Waals surface area (Å²) >= 11 is 0. The van der Waals surface area contributed by atoms with Crippen LogP contribution in [0, 0.1) is 5.41 Å². The molecule has 7 nitrogen and oxygen atoms in total. The minimum absolute atomic E-state index is 0.0494. The number of rotatable bonds is 9. The monoisotopic (exact) mass is 364 g/mol. The van der Waals surface area contributed by atoms with Crippen molar-refractivity contribution in [2.24, 2.45) is 16.1 Å². The predicted molar refractivity (Wildman–Crippen MR) is 102 cm³/mol. The summed E-state index contributed by atoms with van der Waals surface area (Å²) in [4.78, 5) is 15.7. The minimum Gasteiger partial charge on any atom is -0.454 e. The van der Waals surface area contributed by atoms with Gasteiger partial charge in [-0.25, -0.2) is 4.99 Å². The van der Waals surface area contributed by atoms with Gasteiger partial charge < -0.3 is 25.5 Å². The highest BCUT2D eigenvalue weighted by Crippen LogP contribution is 2.42. The van der Waals surface area contributed by atoms with Crippen LogP contribution in [-0.2, 0) is 11.3 Å². The fourth-order valence-electron chi connectivity index (χ4n) is 3.02. The summed E-state index contributed by atoms with van der Waals surface area (Å²) in [6, 6.07) is 3.59. The van der Waals surface area contributed by atoms with Crippen LogP contribution < -0.4 is 16.4 Å². The van der Waals surface area contributed by atoms with Crippen LogP contribution >= 0.6 is 0 Å². The van der Waals surface area contributed by atoms with Crippen LogP contribution in [0.3, 0.4) is 0 Å². The molecule has 7 heteroatoms. The summed E-state index contributed by atoms with van der Waals surface area (Å²) in [5, 5.41) is 6.74. The summed E-state index contributed by atoms with van der Waals surface area (Å²) in [6.45, 7) is 10.6. The lowest BCUT2D eigenvalue weighted by molar-refractivity contribution is -0.113. The zero-order valence-corrected chi connectivity index (χ0v) is 16.3. The van der Waals surface area contributed by atoms with Crippen molar-refractivity contribution in [1.82, 2.24) is 10.6 Å². The van der Waals surface area contributed by atoms with Gasteiger partial charge in [-0.15, -0.1) is 0 Å². The van der Waals surface area contributed by atoms with Gasteiger partial charge in [0.05, 0.1) is 6.10 Å². The molecule has 0 aromatic carbocycles. The van der Waals surface area contributed by atoms with E-state index in [0.29, 0.717) is 18.3 Å². The fourth-order valence-corrected chi connectivity index (χ4v) is 3.02. The van der Waals surface area contributed by atoms with E-state index < -0.39 is 5.91 Å². The lowest BCUT2D eigenvalue weighted by atomic mass is 9.64. The quantitative estimate of drug-likeness (QED) is 0.355. The topological polar surface area (TPSA) is 102 Å². The molecule has 26 heavy (non-hydrogen) atoms. The maximum atomic E-state index is 11.1. The molecule has 1 aliphatic rings. The summed E-state index contributed by atoms with van der Waals surface area (Å²) in [7, 11) is 0. The van der Waals surface area contributed by atoms with Crippen molar-refractivity contribution in [3.05, 3.63) is 23.7 Å². The van der Waals surface area contributed by atoms with E-state index in [1.807, 2.05) is 6.92 Å². The van der Waals surface area contributed by atoms with Crippen LogP contribution in [0.2, 0.25) is 0 Å². The summed E-state index contributed by atoms with van der Waals surface area (Å²) in [6.07, 6.45) is 3.49. The van der Waals surface area contributed by atoms with Crippen molar-refractivity contribution < 1.29 is 13.9 Å². The van der Waals surface area contributed by atoms with E-state index in [2.05, 4.69) is 36.4 Å². The molecule has 1 amide bonds. The molecular weight excluding hydrogens is 332 g/mol. The molecule has 2 rings (SSSR count). The Bertz CT molecular complexity index is 624. The van der Waals surface area contributed by atoms with Gasteiger partial charge in [-0.3, -0.25) is 4.79 Å². The number of guanidine groups is 1. The predicted octanol–water partition coefficient (Wildman–Crippen LogP) is 2.42. The van der Waals surface area contributed by atoms with Gasteiger partial charge >= 0.3 is 0 Å². The van der Waals surface area contributed by atoms with Crippen molar-refractivity contribution in [3.8, 4) is 0 Å². The number of carbonyl (C=O) groups excluding carboxylic acids is 1. The summed E-state index contributed by atoms with van der Waals surface area (Å²) < 4.78 is 11.4. The van der Waals surface area contributed by atoms with E-state index in [4.69, 9.17) is 14.9 Å². The Labute approximate surface area is 155 Å². The van der Waals surface area contributed by atoms with Gasteiger partial charge in [0, 0.05) is 24.6 Å². The van der Waals surface area contributed by atoms with Crippen molar-refractivity contribution >= 4 is 11.9 Å². The Morgan fingerprint density at radius 1 is 1.42 bits per heavy atom. The van der Waals surface area contributed by atoms with Gasteiger partial charge in [0.2, 0.25) is 0 Å². The van der Waals surface area contributed by atoms with Crippen molar-refractivity contribution in [3.63, 3.8) is 0 Å². The average Bonchev–Trinajstić information content (AvgIpc) is 3.07. The van der Waals surface area contributed by atoms with E-state index >= 15 is 0 Å². The van der Waals surface area contributed by atoms with Crippen LogP contribution in [0.5, 0.6) is 0 Å².